The molecule has 0 bridgehead atoms. The van der Waals surface area contributed by atoms with E-state index in [9.17, 15) is 9.36 Å². The Hall–Kier alpha value is -2.20. The summed E-state index contributed by atoms with van der Waals surface area (Å²) in [5.41, 5.74) is 6.55. The highest BCUT2D eigenvalue weighted by atomic mass is 31.2. The molecular formula is C28H38N3O2P. The average Bonchev–Trinajstić information content (AvgIpc) is 2.85. The van der Waals surface area contributed by atoms with Crippen LogP contribution in [0.5, 0.6) is 0 Å². The van der Waals surface area contributed by atoms with Gasteiger partial charge in [-0.1, -0.05) is 63.4 Å². The Morgan fingerprint density at radius 1 is 0.941 bits per heavy atom. The predicted molar refractivity (Wildman–Crippen MR) is 142 cm³/mol. The molecule has 34 heavy (non-hydrogen) atoms. The van der Waals surface area contributed by atoms with Crippen molar-refractivity contribution in [3.8, 4) is 0 Å². The van der Waals surface area contributed by atoms with Gasteiger partial charge < -0.3 is 5.32 Å². The van der Waals surface area contributed by atoms with Gasteiger partial charge in [0.15, 0.2) is 0 Å². The summed E-state index contributed by atoms with van der Waals surface area (Å²) in [6, 6.07) is 14.6. The summed E-state index contributed by atoms with van der Waals surface area (Å²) < 4.78 is 13.0. The Morgan fingerprint density at radius 3 is 2.32 bits per heavy atom. The van der Waals surface area contributed by atoms with Crippen LogP contribution in [0.25, 0.3) is 6.08 Å². The molecule has 0 atom stereocenters. The first kappa shape index (κ1) is 24.9. The second-order valence-electron chi connectivity index (χ2n) is 9.53. The molecule has 0 radical (unpaired) electrons. The van der Waals surface area contributed by atoms with Crippen LogP contribution < -0.4 is 15.5 Å². The van der Waals surface area contributed by atoms with Gasteiger partial charge in [0, 0.05) is 11.3 Å². The lowest BCUT2D eigenvalue weighted by molar-refractivity contribution is -0.112. The molecule has 182 valence electrons. The smallest absolute Gasteiger partial charge is 0.251 e. The molecule has 0 saturated heterocycles. The third-order valence-electron chi connectivity index (χ3n) is 6.98. The van der Waals surface area contributed by atoms with E-state index in [1.807, 2.05) is 38.1 Å². The minimum absolute atomic E-state index is 0.0348. The monoisotopic (exact) mass is 479 g/mol. The van der Waals surface area contributed by atoms with Crippen molar-refractivity contribution in [2.24, 2.45) is 0 Å². The number of hydrogen-bond donors (Lipinski definition) is 3. The minimum atomic E-state index is -2.65. The summed E-state index contributed by atoms with van der Waals surface area (Å²) in [5.74, 6) is 0.632. The third kappa shape index (κ3) is 6.27. The van der Waals surface area contributed by atoms with Crippen molar-refractivity contribution in [3.63, 3.8) is 0 Å². The molecule has 0 aromatic heterocycles. The van der Waals surface area contributed by atoms with Gasteiger partial charge in [-0.25, -0.2) is 0 Å². The minimum Gasteiger partial charge on any atom is -0.322 e. The predicted octanol–water partition coefficient (Wildman–Crippen LogP) is 6.61. The van der Waals surface area contributed by atoms with Crippen molar-refractivity contribution in [1.29, 1.82) is 0 Å². The summed E-state index contributed by atoms with van der Waals surface area (Å²) >= 11 is 0. The third-order valence-corrected chi connectivity index (χ3v) is 9.44. The van der Waals surface area contributed by atoms with Crippen LogP contribution in [-0.4, -0.2) is 19.0 Å². The van der Waals surface area contributed by atoms with Crippen molar-refractivity contribution >= 4 is 25.1 Å². The lowest BCUT2D eigenvalue weighted by Crippen LogP contribution is -2.23. The molecule has 0 heterocycles. The van der Waals surface area contributed by atoms with E-state index in [-0.39, 0.29) is 5.91 Å². The fraction of sp³-hybridized carbons (Fsp3) is 0.464. The summed E-state index contributed by atoms with van der Waals surface area (Å²) in [6.07, 6.45) is 10.8. The van der Waals surface area contributed by atoms with Crippen LogP contribution in [0.4, 0.5) is 5.69 Å². The quantitative estimate of drug-likeness (QED) is 0.354. The largest absolute Gasteiger partial charge is 0.322 e. The number of nitrogens with one attached hydrogen (secondary N) is 3. The first-order chi connectivity index (χ1) is 16.5. The molecule has 3 N–H and O–H groups in total. The van der Waals surface area contributed by atoms with Gasteiger partial charge in [-0.3, -0.25) is 19.5 Å². The van der Waals surface area contributed by atoms with E-state index in [2.05, 4.69) is 39.8 Å². The molecule has 2 aliphatic rings. The summed E-state index contributed by atoms with van der Waals surface area (Å²) in [6.45, 7) is 5.22. The molecule has 5 nitrogen and oxygen atoms in total. The average molecular weight is 480 g/mol. The van der Waals surface area contributed by atoms with Gasteiger partial charge in [0.05, 0.1) is 6.16 Å². The summed E-state index contributed by atoms with van der Waals surface area (Å²) in [7, 11) is -2.65. The Balaban J connectivity index is 1.42. The molecular weight excluding hydrogens is 441 g/mol. The number of fused-ring (bicyclic) bond motifs is 1. The van der Waals surface area contributed by atoms with Crippen LogP contribution in [0.3, 0.4) is 0 Å². The molecule has 4 rings (SSSR count). The van der Waals surface area contributed by atoms with E-state index in [1.165, 1.54) is 48.8 Å². The number of benzene rings is 2. The maximum Gasteiger partial charge on any atom is 0.251 e. The number of amides is 1. The number of aryl methyl sites for hydroxylation is 1. The first-order valence-corrected chi connectivity index (χ1v) is 14.7. The fourth-order valence-electron chi connectivity index (χ4n) is 5.21. The first-order valence-electron chi connectivity index (χ1n) is 12.8. The van der Waals surface area contributed by atoms with Gasteiger partial charge in [-0.05, 0) is 85.2 Å². The Kier molecular flexibility index (Phi) is 8.41. The molecule has 2 aromatic carbocycles. The van der Waals surface area contributed by atoms with Crippen LogP contribution in [-0.2, 0) is 21.9 Å². The number of hydrogen-bond acceptors (Lipinski definition) is 2. The molecule has 6 heteroatoms. The van der Waals surface area contributed by atoms with Gasteiger partial charge >= 0.3 is 0 Å². The van der Waals surface area contributed by atoms with Gasteiger partial charge in [0.2, 0.25) is 7.44 Å². The number of rotatable bonds is 9. The molecule has 0 unspecified atom stereocenters. The van der Waals surface area contributed by atoms with Crippen molar-refractivity contribution in [2.45, 2.75) is 70.9 Å². The molecule has 0 aliphatic heterocycles. The second-order valence-corrected chi connectivity index (χ2v) is 12.0. The Bertz CT molecular complexity index is 1060. The van der Waals surface area contributed by atoms with E-state index >= 15 is 0 Å². The molecule has 1 fully saturated rings. The topological polar surface area (TPSA) is 70.2 Å². The lowest BCUT2D eigenvalue weighted by Gasteiger charge is -2.24. The lowest BCUT2D eigenvalue weighted by atomic mass is 9.81. The van der Waals surface area contributed by atoms with Crippen LogP contribution >= 0.6 is 7.44 Å². The van der Waals surface area contributed by atoms with Crippen molar-refractivity contribution < 1.29 is 9.36 Å². The molecule has 2 aliphatic carbocycles. The Labute approximate surface area is 204 Å². The zero-order chi connectivity index (χ0) is 24.0. The normalized spacial score (nSPS) is 16.6. The molecule has 0 spiro atoms. The number of anilines is 1. The van der Waals surface area contributed by atoms with Crippen LogP contribution in [0.15, 0.2) is 48.0 Å². The van der Waals surface area contributed by atoms with Gasteiger partial charge in [0.1, 0.15) is 0 Å². The highest BCUT2D eigenvalue weighted by Crippen LogP contribution is 2.40. The van der Waals surface area contributed by atoms with Gasteiger partial charge in [-0.15, -0.1) is 0 Å². The Morgan fingerprint density at radius 2 is 1.65 bits per heavy atom. The van der Waals surface area contributed by atoms with E-state index in [4.69, 9.17) is 0 Å². The van der Waals surface area contributed by atoms with E-state index in [1.54, 1.807) is 0 Å². The van der Waals surface area contributed by atoms with Crippen LogP contribution in [0.1, 0.15) is 80.5 Å². The van der Waals surface area contributed by atoms with Crippen molar-refractivity contribution in [2.75, 3.05) is 18.4 Å². The standard InChI is InChI=1S/C28H38N3O2P/c1-3-29-34(33,30-4-2)20-21-10-16-27(17-11-21)31-28(32)25-15-13-23-12-14-24(18-26(23)19-25)22-8-6-5-7-9-22/h10-12,14,16-19,22H,3-9,13,15,20H2,1-2H3,(H,31,32)(H2,29,30,33). The van der Waals surface area contributed by atoms with Crippen molar-refractivity contribution in [1.82, 2.24) is 10.2 Å². The molecule has 2 aromatic rings. The van der Waals surface area contributed by atoms with Gasteiger partial charge in [-0.2, -0.15) is 0 Å². The van der Waals surface area contributed by atoms with Crippen LogP contribution in [0.2, 0.25) is 0 Å². The summed E-state index contributed by atoms with van der Waals surface area (Å²) in [4.78, 5) is 13.0. The van der Waals surface area contributed by atoms with Gasteiger partial charge in [0.25, 0.3) is 5.91 Å². The fourth-order valence-corrected chi connectivity index (χ4v) is 7.30. The number of carbonyl (C=O) groups excluding carboxylic acids is 1. The van der Waals surface area contributed by atoms with E-state index < -0.39 is 7.44 Å². The molecule has 1 saturated carbocycles. The molecule has 1 amide bonds. The second kappa shape index (κ2) is 11.5. The zero-order valence-electron chi connectivity index (χ0n) is 20.5. The maximum absolute atomic E-state index is 13.0. The van der Waals surface area contributed by atoms with Crippen LogP contribution in [0, 0.1) is 0 Å². The summed E-state index contributed by atoms with van der Waals surface area (Å²) in [5, 5.41) is 9.25. The highest BCUT2D eigenvalue weighted by molar-refractivity contribution is 7.59. The van der Waals surface area contributed by atoms with Crippen molar-refractivity contribution in [3.05, 3.63) is 70.3 Å². The highest BCUT2D eigenvalue weighted by Gasteiger charge is 2.21. The van der Waals surface area contributed by atoms with E-state index in [0.717, 1.165) is 29.7 Å². The SMILES string of the molecule is CCNP(=O)(Cc1ccc(NC(=O)C2=Cc3cc(C4CCCCC4)ccc3CC2)cc1)NCC. The zero-order valence-corrected chi connectivity index (χ0v) is 21.4. The van der Waals surface area contributed by atoms with E-state index in [0.29, 0.717) is 25.2 Å². The number of carbonyl (C=O) groups is 1. The maximum atomic E-state index is 13.0.